The Hall–Kier alpha value is -1.36. The van der Waals surface area contributed by atoms with Crippen LogP contribution in [0.3, 0.4) is 0 Å². The maximum absolute atomic E-state index is 5.55. The maximum atomic E-state index is 5.55. The molecule has 1 aromatic heterocycles. The van der Waals surface area contributed by atoms with Gasteiger partial charge in [-0.3, -0.25) is 0 Å². The summed E-state index contributed by atoms with van der Waals surface area (Å²) in [5.74, 6) is 1.24. The van der Waals surface area contributed by atoms with E-state index in [4.69, 9.17) is 10.5 Å². The molecule has 1 saturated heterocycles. The van der Waals surface area contributed by atoms with Crippen LogP contribution in [0.5, 0.6) is 0 Å². The van der Waals surface area contributed by atoms with Crippen molar-refractivity contribution in [1.82, 2.24) is 9.97 Å². The summed E-state index contributed by atoms with van der Waals surface area (Å²) in [4.78, 5) is 7.91. The molecule has 1 aliphatic rings. The highest BCUT2D eigenvalue weighted by Crippen LogP contribution is 2.17. The number of nitrogen functional groups attached to an aromatic ring is 1. The van der Waals surface area contributed by atoms with Crippen LogP contribution < -0.4 is 11.1 Å². The smallest absolute Gasteiger partial charge is 0.131 e. The van der Waals surface area contributed by atoms with Crippen molar-refractivity contribution in [1.29, 1.82) is 0 Å². The minimum absolute atomic E-state index is 0.228. The zero-order valence-corrected chi connectivity index (χ0v) is 8.10. The van der Waals surface area contributed by atoms with Gasteiger partial charge in [0.2, 0.25) is 0 Å². The van der Waals surface area contributed by atoms with Crippen LogP contribution >= 0.6 is 0 Å². The van der Waals surface area contributed by atoms with Gasteiger partial charge in [-0.2, -0.15) is 0 Å². The van der Waals surface area contributed by atoms with Crippen molar-refractivity contribution in [3.05, 3.63) is 12.4 Å². The van der Waals surface area contributed by atoms with E-state index in [0.29, 0.717) is 11.9 Å². The van der Waals surface area contributed by atoms with Gasteiger partial charge in [0, 0.05) is 12.7 Å². The predicted octanol–water partition coefficient (Wildman–Crippen LogP) is 0.648. The summed E-state index contributed by atoms with van der Waals surface area (Å²) in [5.41, 5.74) is 5.55. The number of hydrogen-bond donors (Lipinski definition) is 2. The number of hydrogen-bond acceptors (Lipinski definition) is 5. The fourth-order valence-corrected chi connectivity index (χ4v) is 1.56. The Kier molecular flexibility index (Phi) is 2.49. The molecule has 1 aliphatic heterocycles. The van der Waals surface area contributed by atoms with Gasteiger partial charge in [-0.05, 0) is 13.3 Å². The third-order valence-corrected chi connectivity index (χ3v) is 2.40. The Morgan fingerprint density at radius 2 is 2.43 bits per heavy atom. The standard InChI is InChI=1S/C9H14N4O/c1-6-7(2-3-14-6)13-9-4-8(10)11-5-12-9/h4-7H,2-3H2,1H3,(H3,10,11,12,13). The van der Waals surface area contributed by atoms with Crippen LogP contribution in [0.25, 0.3) is 0 Å². The zero-order valence-electron chi connectivity index (χ0n) is 8.10. The van der Waals surface area contributed by atoms with Crippen LogP contribution in [0.15, 0.2) is 12.4 Å². The molecule has 0 aromatic carbocycles. The molecule has 1 fully saturated rings. The first-order chi connectivity index (χ1) is 6.75. The van der Waals surface area contributed by atoms with Crippen molar-refractivity contribution in [2.45, 2.75) is 25.5 Å². The second kappa shape index (κ2) is 3.79. The summed E-state index contributed by atoms with van der Waals surface area (Å²) < 4.78 is 5.43. The van der Waals surface area contributed by atoms with E-state index in [1.807, 2.05) is 0 Å². The van der Waals surface area contributed by atoms with Gasteiger partial charge < -0.3 is 15.8 Å². The van der Waals surface area contributed by atoms with Gasteiger partial charge >= 0.3 is 0 Å². The Morgan fingerprint density at radius 3 is 3.07 bits per heavy atom. The molecular formula is C9H14N4O. The lowest BCUT2D eigenvalue weighted by atomic mass is 10.1. The molecule has 5 heteroatoms. The van der Waals surface area contributed by atoms with Gasteiger partial charge in [-0.1, -0.05) is 0 Å². The number of ether oxygens (including phenoxy) is 1. The molecule has 0 bridgehead atoms. The lowest BCUT2D eigenvalue weighted by molar-refractivity contribution is 0.121. The van der Waals surface area contributed by atoms with E-state index in [0.717, 1.165) is 18.8 Å². The minimum atomic E-state index is 0.228. The van der Waals surface area contributed by atoms with E-state index in [9.17, 15) is 0 Å². The van der Waals surface area contributed by atoms with Crippen LogP contribution in [-0.4, -0.2) is 28.7 Å². The van der Waals surface area contributed by atoms with E-state index in [1.165, 1.54) is 6.33 Å². The maximum Gasteiger partial charge on any atom is 0.131 e. The van der Waals surface area contributed by atoms with E-state index >= 15 is 0 Å². The zero-order chi connectivity index (χ0) is 9.97. The highest BCUT2D eigenvalue weighted by Gasteiger charge is 2.24. The van der Waals surface area contributed by atoms with Crippen LogP contribution in [0.1, 0.15) is 13.3 Å². The van der Waals surface area contributed by atoms with Crippen LogP contribution in [-0.2, 0) is 4.74 Å². The van der Waals surface area contributed by atoms with E-state index < -0.39 is 0 Å². The first-order valence-corrected chi connectivity index (χ1v) is 4.71. The van der Waals surface area contributed by atoms with Crippen molar-refractivity contribution >= 4 is 11.6 Å². The van der Waals surface area contributed by atoms with Gasteiger partial charge in [0.25, 0.3) is 0 Å². The van der Waals surface area contributed by atoms with Gasteiger partial charge in [0.15, 0.2) is 0 Å². The minimum Gasteiger partial charge on any atom is -0.384 e. The highest BCUT2D eigenvalue weighted by molar-refractivity contribution is 5.44. The van der Waals surface area contributed by atoms with Crippen LogP contribution in [0.2, 0.25) is 0 Å². The van der Waals surface area contributed by atoms with E-state index in [2.05, 4.69) is 22.2 Å². The number of aromatic nitrogens is 2. The Bertz CT molecular complexity index is 317. The van der Waals surface area contributed by atoms with Crippen LogP contribution in [0, 0.1) is 0 Å². The molecule has 2 heterocycles. The van der Waals surface area contributed by atoms with Crippen LogP contribution in [0.4, 0.5) is 11.6 Å². The van der Waals surface area contributed by atoms with Gasteiger partial charge in [-0.15, -0.1) is 0 Å². The fraction of sp³-hybridized carbons (Fsp3) is 0.556. The molecule has 0 saturated carbocycles. The third kappa shape index (κ3) is 1.93. The molecule has 0 spiro atoms. The number of nitrogens with two attached hydrogens (primary N) is 1. The summed E-state index contributed by atoms with van der Waals surface area (Å²) in [7, 11) is 0. The second-order valence-corrected chi connectivity index (χ2v) is 3.44. The summed E-state index contributed by atoms with van der Waals surface area (Å²) in [6.07, 6.45) is 2.69. The quantitative estimate of drug-likeness (QED) is 0.723. The monoisotopic (exact) mass is 194 g/mol. The normalized spacial score (nSPS) is 26.4. The van der Waals surface area contributed by atoms with Crippen molar-refractivity contribution in [3.8, 4) is 0 Å². The Morgan fingerprint density at radius 1 is 1.57 bits per heavy atom. The fourth-order valence-electron chi connectivity index (χ4n) is 1.56. The van der Waals surface area contributed by atoms with Gasteiger partial charge in [-0.25, -0.2) is 9.97 Å². The molecular weight excluding hydrogens is 180 g/mol. The summed E-state index contributed by atoms with van der Waals surface area (Å²) in [6, 6.07) is 2.05. The van der Waals surface area contributed by atoms with E-state index in [-0.39, 0.29) is 6.10 Å². The number of nitrogens with zero attached hydrogens (tertiary/aromatic N) is 2. The lowest BCUT2D eigenvalue weighted by Crippen LogP contribution is -2.27. The molecule has 2 unspecified atom stereocenters. The second-order valence-electron chi connectivity index (χ2n) is 3.44. The SMILES string of the molecule is CC1OCCC1Nc1cc(N)ncn1. The average molecular weight is 194 g/mol. The first kappa shape index (κ1) is 9.21. The molecule has 5 nitrogen and oxygen atoms in total. The van der Waals surface area contributed by atoms with Crippen molar-refractivity contribution in [3.63, 3.8) is 0 Å². The first-order valence-electron chi connectivity index (χ1n) is 4.71. The predicted molar refractivity (Wildman–Crippen MR) is 53.9 cm³/mol. The average Bonchev–Trinajstić information content (AvgIpc) is 2.52. The lowest BCUT2D eigenvalue weighted by Gasteiger charge is -2.16. The molecule has 2 atom stereocenters. The number of anilines is 2. The van der Waals surface area contributed by atoms with E-state index in [1.54, 1.807) is 6.07 Å². The van der Waals surface area contributed by atoms with Crippen molar-refractivity contribution in [2.24, 2.45) is 0 Å². The Labute approximate surface area is 82.7 Å². The van der Waals surface area contributed by atoms with Crippen molar-refractivity contribution < 1.29 is 4.74 Å². The summed E-state index contributed by atoms with van der Waals surface area (Å²) in [6.45, 7) is 2.86. The molecule has 2 rings (SSSR count). The summed E-state index contributed by atoms with van der Waals surface area (Å²) >= 11 is 0. The third-order valence-electron chi connectivity index (χ3n) is 2.40. The molecule has 76 valence electrons. The van der Waals surface area contributed by atoms with Gasteiger partial charge in [0.05, 0.1) is 12.1 Å². The Balaban J connectivity index is 2.03. The molecule has 0 radical (unpaired) electrons. The summed E-state index contributed by atoms with van der Waals surface area (Å²) in [5, 5.41) is 3.28. The molecule has 0 aliphatic carbocycles. The highest BCUT2D eigenvalue weighted by atomic mass is 16.5. The molecule has 0 amide bonds. The van der Waals surface area contributed by atoms with Gasteiger partial charge in [0.1, 0.15) is 18.0 Å². The number of rotatable bonds is 2. The topological polar surface area (TPSA) is 73.1 Å². The van der Waals surface area contributed by atoms with Crippen molar-refractivity contribution in [2.75, 3.05) is 17.7 Å². The number of nitrogens with one attached hydrogen (secondary N) is 1. The largest absolute Gasteiger partial charge is 0.384 e. The molecule has 3 N–H and O–H groups in total. The molecule has 1 aromatic rings. The molecule has 14 heavy (non-hydrogen) atoms.